The maximum atomic E-state index is 9.38. The molecule has 1 heterocycles. The Balaban J connectivity index is 2.59. The molecule has 0 radical (unpaired) electrons. The van der Waals surface area contributed by atoms with E-state index in [2.05, 4.69) is 4.98 Å². The molecule has 2 nitrogen and oxygen atoms in total. The van der Waals surface area contributed by atoms with E-state index in [9.17, 15) is 5.11 Å². The van der Waals surface area contributed by atoms with Gasteiger partial charge in [0.2, 0.25) is 0 Å². The average molecular weight is 234 g/mol. The molecule has 0 amide bonds. The minimum absolute atomic E-state index is 0.262. The number of aryl methyl sites for hydroxylation is 1. The Bertz CT molecular complexity index is 304. The number of aliphatic hydroxyl groups is 1. The molecule has 1 rings (SSSR count). The molecule has 1 atom stereocenters. The molecule has 1 aromatic rings. The van der Waals surface area contributed by atoms with Gasteiger partial charge in [-0.25, -0.2) is 4.98 Å². The molecule has 0 saturated carbocycles. The number of hydrogen-bond donors (Lipinski definition) is 1. The van der Waals surface area contributed by atoms with Crippen molar-refractivity contribution in [3.05, 3.63) is 28.0 Å². The molecule has 0 spiro atoms. The number of rotatable bonds is 4. The zero-order chi connectivity index (χ0) is 10.6. The Hall–Kier alpha value is -0.310. The molecule has 4 heteroatoms. The van der Waals surface area contributed by atoms with E-state index in [1.165, 1.54) is 0 Å². The van der Waals surface area contributed by atoms with Crippen LogP contribution in [-0.4, -0.2) is 16.2 Å². The molecule has 0 saturated heterocycles. The summed E-state index contributed by atoms with van der Waals surface area (Å²) in [4.78, 5) is 3.93. The van der Waals surface area contributed by atoms with Gasteiger partial charge in [-0.2, -0.15) is 0 Å². The van der Waals surface area contributed by atoms with Gasteiger partial charge < -0.3 is 5.11 Å². The number of halogens is 2. The van der Waals surface area contributed by atoms with E-state index in [4.69, 9.17) is 23.2 Å². The topological polar surface area (TPSA) is 33.1 Å². The van der Waals surface area contributed by atoms with Crippen molar-refractivity contribution in [2.45, 2.75) is 32.3 Å². The fourth-order valence-corrected chi connectivity index (χ4v) is 1.59. The lowest BCUT2D eigenvalue weighted by Crippen LogP contribution is -2.06. The molecule has 1 aromatic heterocycles. The second-order valence-corrected chi connectivity index (χ2v) is 3.93. The van der Waals surface area contributed by atoms with Crippen molar-refractivity contribution in [1.29, 1.82) is 0 Å². The van der Waals surface area contributed by atoms with Crippen LogP contribution in [0.25, 0.3) is 0 Å². The Kier molecular flexibility index (Phi) is 4.66. The molecule has 0 aliphatic heterocycles. The highest BCUT2D eigenvalue weighted by molar-refractivity contribution is 6.32. The largest absolute Gasteiger partial charge is 0.393 e. The van der Waals surface area contributed by atoms with E-state index in [0.717, 1.165) is 18.4 Å². The summed E-state index contributed by atoms with van der Waals surface area (Å²) in [5.41, 5.74) is 0.934. The summed E-state index contributed by atoms with van der Waals surface area (Å²) in [5, 5.41) is 10.2. The Labute approximate surface area is 93.9 Å². The van der Waals surface area contributed by atoms with E-state index in [1.807, 2.05) is 13.0 Å². The highest BCUT2D eigenvalue weighted by atomic mass is 35.5. The van der Waals surface area contributed by atoms with Crippen LogP contribution in [0.5, 0.6) is 0 Å². The number of hydrogen-bond acceptors (Lipinski definition) is 2. The second-order valence-electron chi connectivity index (χ2n) is 3.18. The molecular formula is C10H13Cl2NO. The van der Waals surface area contributed by atoms with Gasteiger partial charge in [0.05, 0.1) is 6.10 Å². The monoisotopic (exact) mass is 233 g/mol. The smallest absolute Gasteiger partial charge is 0.134 e. The molecule has 0 aliphatic carbocycles. The normalized spacial score (nSPS) is 12.9. The Morgan fingerprint density at radius 2 is 2.14 bits per heavy atom. The zero-order valence-corrected chi connectivity index (χ0v) is 9.52. The molecule has 1 unspecified atom stereocenters. The van der Waals surface area contributed by atoms with Crippen LogP contribution in [0.2, 0.25) is 10.3 Å². The lowest BCUT2D eigenvalue weighted by molar-refractivity contribution is 0.160. The van der Waals surface area contributed by atoms with Crippen LogP contribution in [0.3, 0.4) is 0 Å². The van der Waals surface area contributed by atoms with Crippen molar-refractivity contribution < 1.29 is 5.11 Å². The van der Waals surface area contributed by atoms with Crippen LogP contribution in [0, 0.1) is 0 Å². The van der Waals surface area contributed by atoms with Crippen molar-refractivity contribution >= 4 is 23.2 Å². The van der Waals surface area contributed by atoms with Gasteiger partial charge in [-0.05, 0) is 30.9 Å². The minimum atomic E-state index is -0.262. The Morgan fingerprint density at radius 1 is 1.43 bits per heavy atom. The standard InChI is InChI=1S/C10H13Cl2NO/c1-2-8(14)5-3-7-4-6-9(11)13-10(7)12/h4,6,8,14H,2-3,5H2,1H3. The third-order valence-electron chi connectivity index (χ3n) is 2.11. The zero-order valence-electron chi connectivity index (χ0n) is 8.00. The van der Waals surface area contributed by atoms with E-state index in [-0.39, 0.29) is 6.10 Å². The van der Waals surface area contributed by atoms with Gasteiger partial charge in [0.15, 0.2) is 0 Å². The van der Waals surface area contributed by atoms with Crippen molar-refractivity contribution in [3.8, 4) is 0 Å². The summed E-state index contributed by atoms with van der Waals surface area (Å²) < 4.78 is 0. The quantitative estimate of drug-likeness (QED) is 0.812. The second kappa shape index (κ2) is 5.54. The average Bonchev–Trinajstić information content (AvgIpc) is 2.16. The number of aromatic nitrogens is 1. The fraction of sp³-hybridized carbons (Fsp3) is 0.500. The van der Waals surface area contributed by atoms with Crippen LogP contribution >= 0.6 is 23.2 Å². The van der Waals surface area contributed by atoms with Crippen molar-refractivity contribution in [3.63, 3.8) is 0 Å². The lowest BCUT2D eigenvalue weighted by Gasteiger charge is -2.08. The number of nitrogens with zero attached hydrogens (tertiary/aromatic N) is 1. The van der Waals surface area contributed by atoms with Gasteiger partial charge in [-0.15, -0.1) is 0 Å². The first-order valence-electron chi connectivity index (χ1n) is 4.62. The van der Waals surface area contributed by atoms with Gasteiger partial charge in [-0.3, -0.25) is 0 Å². The predicted molar refractivity (Wildman–Crippen MR) is 58.9 cm³/mol. The summed E-state index contributed by atoms with van der Waals surface area (Å²) in [6.07, 6.45) is 1.94. The summed E-state index contributed by atoms with van der Waals surface area (Å²) in [7, 11) is 0. The SMILES string of the molecule is CCC(O)CCc1ccc(Cl)nc1Cl. The first-order chi connectivity index (χ1) is 6.63. The molecule has 1 N–H and O–H groups in total. The fourth-order valence-electron chi connectivity index (χ4n) is 1.15. The van der Waals surface area contributed by atoms with Crippen LogP contribution < -0.4 is 0 Å². The van der Waals surface area contributed by atoms with Crippen molar-refractivity contribution in [2.75, 3.05) is 0 Å². The highest BCUT2D eigenvalue weighted by Gasteiger charge is 2.05. The van der Waals surface area contributed by atoms with E-state index < -0.39 is 0 Å². The molecule has 0 bridgehead atoms. The van der Waals surface area contributed by atoms with Gasteiger partial charge in [-0.1, -0.05) is 36.2 Å². The first kappa shape index (κ1) is 11.8. The maximum absolute atomic E-state index is 9.38. The number of pyridine rings is 1. The predicted octanol–water partition coefficient (Wildman–Crippen LogP) is 3.09. The summed E-state index contributed by atoms with van der Waals surface area (Å²) in [5.74, 6) is 0. The van der Waals surface area contributed by atoms with E-state index in [1.54, 1.807) is 6.07 Å². The molecule has 0 fully saturated rings. The number of aliphatic hydroxyl groups excluding tert-OH is 1. The van der Waals surface area contributed by atoms with Crippen molar-refractivity contribution in [2.24, 2.45) is 0 Å². The Morgan fingerprint density at radius 3 is 2.71 bits per heavy atom. The molecule has 0 aliphatic rings. The maximum Gasteiger partial charge on any atom is 0.134 e. The molecular weight excluding hydrogens is 221 g/mol. The van der Waals surface area contributed by atoms with Crippen LogP contribution in [0.15, 0.2) is 12.1 Å². The van der Waals surface area contributed by atoms with Crippen LogP contribution in [-0.2, 0) is 6.42 Å². The third kappa shape index (κ3) is 3.45. The summed E-state index contributed by atoms with van der Waals surface area (Å²) >= 11 is 11.5. The summed E-state index contributed by atoms with van der Waals surface area (Å²) in [6, 6.07) is 3.56. The molecule has 78 valence electrons. The van der Waals surface area contributed by atoms with E-state index >= 15 is 0 Å². The lowest BCUT2D eigenvalue weighted by atomic mass is 10.1. The minimum Gasteiger partial charge on any atom is -0.393 e. The van der Waals surface area contributed by atoms with Crippen molar-refractivity contribution in [1.82, 2.24) is 4.98 Å². The van der Waals surface area contributed by atoms with Crippen LogP contribution in [0.1, 0.15) is 25.3 Å². The highest BCUT2D eigenvalue weighted by Crippen LogP contribution is 2.18. The first-order valence-corrected chi connectivity index (χ1v) is 5.38. The van der Waals surface area contributed by atoms with Crippen LogP contribution in [0.4, 0.5) is 0 Å². The summed E-state index contributed by atoms with van der Waals surface area (Å²) in [6.45, 7) is 1.95. The molecule has 0 aromatic carbocycles. The van der Waals surface area contributed by atoms with Gasteiger partial charge in [0.25, 0.3) is 0 Å². The molecule has 14 heavy (non-hydrogen) atoms. The van der Waals surface area contributed by atoms with E-state index in [0.29, 0.717) is 16.7 Å². The third-order valence-corrected chi connectivity index (χ3v) is 2.65. The van der Waals surface area contributed by atoms with Gasteiger partial charge in [0, 0.05) is 0 Å². The van der Waals surface area contributed by atoms with Gasteiger partial charge in [0.1, 0.15) is 10.3 Å². The van der Waals surface area contributed by atoms with Gasteiger partial charge >= 0.3 is 0 Å².